The van der Waals surface area contributed by atoms with Gasteiger partial charge in [0.1, 0.15) is 5.75 Å². The van der Waals surface area contributed by atoms with Crippen LogP contribution in [-0.2, 0) is 9.53 Å². The molecule has 0 bridgehead atoms. The number of methoxy groups -OCH3 is 1. The normalized spacial score (nSPS) is 12.3. The zero-order chi connectivity index (χ0) is 28.5. The number of aromatic nitrogens is 1. The molecule has 0 spiro atoms. The van der Waals surface area contributed by atoms with Gasteiger partial charge in [0.15, 0.2) is 5.13 Å². The summed E-state index contributed by atoms with van der Waals surface area (Å²) in [4.78, 5) is 28.7. The average molecular weight is 592 g/mol. The van der Waals surface area contributed by atoms with Crippen molar-refractivity contribution in [1.29, 1.82) is 0 Å². The van der Waals surface area contributed by atoms with E-state index in [2.05, 4.69) is 17.2 Å². The number of benzene rings is 2. The number of thiazole rings is 1. The van der Waals surface area contributed by atoms with Crippen molar-refractivity contribution >= 4 is 57.6 Å². The zero-order valence-corrected chi connectivity index (χ0v) is 24.7. The quantitative estimate of drug-likeness (QED) is 0.153. The van der Waals surface area contributed by atoms with Crippen molar-refractivity contribution in [2.24, 2.45) is 0 Å². The summed E-state index contributed by atoms with van der Waals surface area (Å²) in [6.45, 7) is 6.31. The number of amides is 1. The van der Waals surface area contributed by atoms with E-state index in [0.717, 1.165) is 24.0 Å². The van der Waals surface area contributed by atoms with Crippen molar-refractivity contribution in [2.45, 2.75) is 52.6 Å². The molecule has 0 fully saturated rings. The van der Waals surface area contributed by atoms with Crippen molar-refractivity contribution in [3.05, 3.63) is 68.0 Å². The number of unbranched alkanes of at least 4 members (excludes halogenated alkanes) is 3. The Morgan fingerprint density at radius 1 is 1.18 bits per heavy atom. The molecule has 1 heterocycles. The van der Waals surface area contributed by atoms with Gasteiger partial charge in [0.05, 0.1) is 29.0 Å². The van der Waals surface area contributed by atoms with E-state index in [1.54, 1.807) is 7.11 Å². The summed E-state index contributed by atoms with van der Waals surface area (Å²) >= 11 is 13.9. The molecule has 3 aromatic rings. The summed E-state index contributed by atoms with van der Waals surface area (Å²) in [7, 11) is 1.62. The number of aliphatic carboxylic acids is 1. The maximum Gasteiger partial charge on any atom is 0.331 e. The van der Waals surface area contributed by atoms with Crippen molar-refractivity contribution in [3.63, 3.8) is 0 Å². The average Bonchev–Trinajstić information content (AvgIpc) is 3.37. The van der Waals surface area contributed by atoms with Gasteiger partial charge < -0.3 is 14.6 Å². The fraction of sp³-hybridized carbons (Fsp3) is 0.345. The molecular weight excluding hydrogens is 559 g/mol. The Morgan fingerprint density at radius 2 is 1.90 bits per heavy atom. The van der Waals surface area contributed by atoms with Crippen LogP contribution in [0.5, 0.6) is 5.75 Å². The van der Waals surface area contributed by atoms with Gasteiger partial charge in [0.25, 0.3) is 5.91 Å². The van der Waals surface area contributed by atoms with Gasteiger partial charge >= 0.3 is 5.97 Å². The number of halogens is 2. The largest absolute Gasteiger partial charge is 0.496 e. The van der Waals surface area contributed by atoms with Crippen molar-refractivity contribution in [3.8, 4) is 17.0 Å². The summed E-state index contributed by atoms with van der Waals surface area (Å²) in [6.07, 6.45) is 5.77. The van der Waals surface area contributed by atoms with Gasteiger partial charge in [-0.05, 0) is 44.5 Å². The molecule has 0 saturated carbocycles. The Labute approximate surface area is 242 Å². The van der Waals surface area contributed by atoms with Crippen LogP contribution in [-0.4, -0.2) is 35.7 Å². The molecule has 0 aliphatic rings. The highest BCUT2D eigenvalue weighted by Crippen LogP contribution is 2.38. The third kappa shape index (κ3) is 8.05. The van der Waals surface area contributed by atoms with Crippen LogP contribution < -0.4 is 10.1 Å². The molecule has 0 radical (unpaired) electrons. The van der Waals surface area contributed by atoms with Gasteiger partial charge in [-0.25, -0.2) is 9.78 Å². The van der Waals surface area contributed by atoms with Gasteiger partial charge in [-0.1, -0.05) is 61.5 Å². The van der Waals surface area contributed by atoms with Crippen molar-refractivity contribution < 1.29 is 24.2 Å². The van der Waals surface area contributed by atoms with E-state index in [-0.39, 0.29) is 27.3 Å². The molecule has 7 nitrogen and oxygen atoms in total. The lowest BCUT2D eigenvalue weighted by Gasteiger charge is -2.18. The van der Waals surface area contributed by atoms with Gasteiger partial charge in [-0.2, -0.15) is 0 Å². The topological polar surface area (TPSA) is 97.8 Å². The highest BCUT2D eigenvalue weighted by atomic mass is 35.5. The van der Waals surface area contributed by atoms with Gasteiger partial charge in [0.2, 0.25) is 0 Å². The predicted molar refractivity (Wildman–Crippen MR) is 158 cm³/mol. The minimum Gasteiger partial charge on any atom is -0.496 e. The molecule has 2 aromatic carbocycles. The second-order valence-electron chi connectivity index (χ2n) is 8.98. The van der Waals surface area contributed by atoms with Gasteiger partial charge in [0, 0.05) is 39.8 Å². The number of para-hydroxylation sites is 1. The fourth-order valence-electron chi connectivity index (χ4n) is 3.94. The van der Waals surface area contributed by atoms with E-state index in [9.17, 15) is 9.59 Å². The molecule has 10 heteroatoms. The maximum atomic E-state index is 12.9. The molecule has 39 heavy (non-hydrogen) atoms. The van der Waals surface area contributed by atoms with E-state index in [0.29, 0.717) is 28.7 Å². The Morgan fingerprint density at radius 3 is 2.54 bits per heavy atom. The van der Waals surface area contributed by atoms with Crippen LogP contribution in [0.4, 0.5) is 5.13 Å². The van der Waals surface area contributed by atoms with Crippen LogP contribution in [0.3, 0.4) is 0 Å². The molecule has 1 amide bonds. The number of carboxylic acid groups (broad SMARTS) is 1. The third-order valence-electron chi connectivity index (χ3n) is 6.09. The van der Waals surface area contributed by atoms with E-state index in [1.165, 1.54) is 49.3 Å². The first-order valence-electron chi connectivity index (χ1n) is 12.6. The first-order valence-corrected chi connectivity index (χ1v) is 14.3. The summed E-state index contributed by atoms with van der Waals surface area (Å²) in [6, 6.07) is 8.72. The Hall–Kier alpha value is -2.91. The number of carbonyl (C=O) groups is 2. The fourth-order valence-corrected chi connectivity index (χ4v) is 5.24. The first kappa shape index (κ1) is 30.6. The molecule has 208 valence electrons. The molecule has 0 saturated heterocycles. The summed E-state index contributed by atoms with van der Waals surface area (Å²) in [5, 5.41) is 14.4. The molecule has 0 aliphatic heterocycles. The minimum absolute atomic E-state index is 0.0683. The Bertz CT molecular complexity index is 1330. The SMILES string of the molecule is CCCCCCO[C@H](C)c1cccc(-c2csc(NC(=O)c3cc(Cl)c(/C=C(/C)C(=O)O)c(Cl)c3)n2)c1OC. The van der Waals surface area contributed by atoms with E-state index >= 15 is 0 Å². The van der Waals surface area contributed by atoms with Crippen LogP contribution in [0.1, 0.15) is 74.0 Å². The Balaban J connectivity index is 1.77. The van der Waals surface area contributed by atoms with Crippen LogP contribution in [0.15, 0.2) is 41.3 Å². The number of carbonyl (C=O) groups excluding carboxylic acids is 1. The summed E-state index contributed by atoms with van der Waals surface area (Å²) in [5.74, 6) is -0.855. The maximum absolute atomic E-state index is 12.9. The monoisotopic (exact) mass is 590 g/mol. The molecule has 3 rings (SSSR count). The first-order chi connectivity index (χ1) is 18.7. The number of ether oxygens (including phenoxy) is 2. The molecule has 0 unspecified atom stereocenters. The third-order valence-corrected chi connectivity index (χ3v) is 7.48. The number of hydrogen-bond donors (Lipinski definition) is 2. The van der Waals surface area contributed by atoms with E-state index in [4.69, 9.17) is 37.8 Å². The lowest BCUT2D eigenvalue weighted by molar-refractivity contribution is -0.132. The Kier molecular flexibility index (Phi) is 11.4. The molecule has 1 atom stereocenters. The highest BCUT2D eigenvalue weighted by molar-refractivity contribution is 7.14. The summed E-state index contributed by atoms with van der Waals surface area (Å²) < 4.78 is 11.8. The van der Waals surface area contributed by atoms with Gasteiger partial charge in [-0.3, -0.25) is 10.1 Å². The number of carboxylic acids is 1. The number of hydrogen-bond acceptors (Lipinski definition) is 6. The van der Waals surface area contributed by atoms with E-state index in [1.807, 2.05) is 30.5 Å². The molecule has 0 aliphatic carbocycles. The number of rotatable bonds is 13. The predicted octanol–water partition coefficient (Wildman–Crippen LogP) is 8.52. The smallest absolute Gasteiger partial charge is 0.331 e. The van der Waals surface area contributed by atoms with Crippen LogP contribution in [0.2, 0.25) is 10.0 Å². The standard InChI is InChI=1S/C29H32Cl2N2O5S/c1-5-6-7-8-12-38-18(3)20-10-9-11-21(26(20)37-4)25-16-39-29(32-25)33-27(34)19-14-23(30)22(24(31)15-19)13-17(2)28(35)36/h9-11,13-16,18H,5-8,12H2,1-4H3,(H,35,36)(H,32,33,34)/b17-13-/t18-/m1/s1. The highest BCUT2D eigenvalue weighted by Gasteiger charge is 2.19. The number of nitrogens with zero attached hydrogens (tertiary/aromatic N) is 1. The number of nitrogens with one attached hydrogen (secondary N) is 1. The summed E-state index contributed by atoms with van der Waals surface area (Å²) in [5.41, 5.74) is 3.00. The van der Waals surface area contributed by atoms with Crippen LogP contribution >= 0.6 is 34.5 Å². The minimum atomic E-state index is -1.09. The molecule has 2 N–H and O–H groups in total. The van der Waals surface area contributed by atoms with Crippen molar-refractivity contribution in [1.82, 2.24) is 4.98 Å². The lowest BCUT2D eigenvalue weighted by Crippen LogP contribution is -2.12. The molecular formula is C29H32Cl2N2O5S. The van der Waals surface area contributed by atoms with Crippen LogP contribution in [0, 0.1) is 0 Å². The number of anilines is 1. The second-order valence-corrected chi connectivity index (χ2v) is 10.7. The van der Waals surface area contributed by atoms with Crippen molar-refractivity contribution in [2.75, 3.05) is 19.0 Å². The lowest BCUT2D eigenvalue weighted by atomic mass is 10.0. The molecule has 1 aromatic heterocycles. The van der Waals surface area contributed by atoms with Gasteiger partial charge in [-0.15, -0.1) is 11.3 Å². The zero-order valence-electron chi connectivity index (χ0n) is 22.3. The second kappa shape index (κ2) is 14.5. The van der Waals surface area contributed by atoms with Crippen LogP contribution in [0.25, 0.3) is 17.3 Å². The van der Waals surface area contributed by atoms with E-state index < -0.39 is 11.9 Å².